The van der Waals surface area contributed by atoms with Crippen LogP contribution in [0.5, 0.6) is 0 Å². The molecule has 1 aliphatic heterocycles. The molecule has 92 valence electrons. The minimum absolute atomic E-state index is 0.125. The molecule has 1 aliphatic rings. The van der Waals surface area contributed by atoms with Crippen molar-refractivity contribution in [1.29, 1.82) is 0 Å². The molecule has 0 aromatic heterocycles. The second kappa shape index (κ2) is 5.78. The van der Waals surface area contributed by atoms with E-state index in [1.165, 1.54) is 7.11 Å². The molecule has 7 nitrogen and oxygen atoms in total. The third-order valence-corrected chi connectivity index (χ3v) is 2.24. The van der Waals surface area contributed by atoms with Crippen LogP contribution in [0.4, 0.5) is 0 Å². The number of carboxylic acid groups (broad SMARTS) is 1. The lowest BCUT2D eigenvalue weighted by molar-refractivity contribution is -0.154. The molecular formula is C9H15NO6. The van der Waals surface area contributed by atoms with Gasteiger partial charge in [0.05, 0.1) is 13.7 Å². The van der Waals surface area contributed by atoms with Gasteiger partial charge < -0.3 is 25.1 Å². The number of nitrogens with two attached hydrogens (primary N) is 1. The van der Waals surface area contributed by atoms with Crippen LogP contribution in [0.25, 0.3) is 0 Å². The van der Waals surface area contributed by atoms with Crippen molar-refractivity contribution < 1.29 is 28.9 Å². The van der Waals surface area contributed by atoms with Crippen LogP contribution in [0.3, 0.4) is 0 Å². The van der Waals surface area contributed by atoms with Gasteiger partial charge in [-0.2, -0.15) is 0 Å². The van der Waals surface area contributed by atoms with Gasteiger partial charge in [0.2, 0.25) is 0 Å². The van der Waals surface area contributed by atoms with Crippen LogP contribution in [0.15, 0.2) is 0 Å². The van der Waals surface area contributed by atoms with Crippen LogP contribution in [0, 0.1) is 0 Å². The Balaban J connectivity index is 2.26. The Hall–Kier alpha value is -1.18. The highest BCUT2D eigenvalue weighted by atomic mass is 16.7. The molecule has 0 saturated carbocycles. The van der Waals surface area contributed by atoms with E-state index in [0.717, 1.165) is 0 Å². The minimum atomic E-state index is -1.07. The number of carbonyl (C=O) groups excluding carboxylic acids is 1. The maximum atomic E-state index is 11.1. The monoisotopic (exact) mass is 233 g/mol. The fraction of sp³-hybridized carbons (Fsp3) is 0.778. The van der Waals surface area contributed by atoms with E-state index in [2.05, 4.69) is 4.74 Å². The van der Waals surface area contributed by atoms with Crippen molar-refractivity contribution in [2.45, 2.75) is 31.3 Å². The molecule has 1 heterocycles. The van der Waals surface area contributed by atoms with Gasteiger partial charge in [-0.15, -0.1) is 0 Å². The lowest BCUT2D eigenvalue weighted by Gasteiger charge is -2.11. The zero-order valence-electron chi connectivity index (χ0n) is 8.92. The summed E-state index contributed by atoms with van der Waals surface area (Å²) in [6, 6.07) is -0.940. The average molecular weight is 233 g/mol. The number of carboxylic acids is 1. The molecule has 0 bridgehead atoms. The minimum Gasteiger partial charge on any atom is -0.480 e. The molecule has 0 spiro atoms. The van der Waals surface area contributed by atoms with Crippen LogP contribution in [-0.4, -0.2) is 49.2 Å². The Morgan fingerprint density at radius 1 is 1.62 bits per heavy atom. The Labute approximate surface area is 92.5 Å². The van der Waals surface area contributed by atoms with Crippen molar-refractivity contribution >= 4 is 11.9 Å². The highest BCUT2D eigenvalue weighted by Crippen LogP contribution is 2.17. The molecule has 1 fully saturated rings. The molecule has 0 radical (unpaired) electrons. The fourth-order valence-corrected chi connectivity index (χ4v) is 1.30. The second-order valence-corrected chi connectivity index (χ2v) is 3.43. The molecule has 3 atom stereocenters. The lowest BCUT2D eigenvalue weighted by Crippen LogP contribution is -2.31. The van der Waals surface area contributed by atoms with Crippen LogP contribution in [0.2, 0.25) is 0 Å². The molecule has 0 amide bonds. The quantitative estimate of drug-likeness (QED) is 0.592. The van der Waals surface area contributed by atoms with Crippen LogP contribution >= 0.6 is 0 Å². The smallest absolute Gasteiger partial charge is 0.337 e. The number of carbonyl (C=O) groups is 2. The summed E-state index contributed by atoms with van der Waals surface area (Å²) in [5.74, 6) is -1.56. The van der Waals surface area contributed by atoms with Gasteiger partial charge in [-0.25, -0.2) is 4.79 Å². The first-order valence-corrected chi connectivity index (χ1v) is 4.88. The van der Waals surface area contributed by atoms with Crippen LogP contribution < -0.4 is 5.73 Å². The molecule has 1 rings (SSSR count). The number of rotatable bonds is 5. The molecule has 7 heteroatoms. The van der Waals surface area contributed by atoms with E-state index in [9.17, 15) is 9.59 Å². The van der Waals surface area contributed by atoms with Crippen molar-refractivity contribution in [3.05, 3.63) is 0 Å². The SMILES string of the molecule is COC(=O)C1COC(CCC(N)C(=O)O)O1. The Kier molecular flexibility index (Phi) is 4.66. The van der Waals surface area contributed by atoms with Gasteiger partial charge >= 0.3 is 11.9 Å². The van der Waals surface area contributed by atoms with Crippen LogP contribution in [0.1, 0.15) is 12.8 Å². The van der Waals surface area contributed by atoms with Gasteiger partial charge in [0, 0.05) is 6.42 Å². The van der Waals surface area contributed by atoms with Gasteiger partial charge in [-0.3, -0.25) is 4.79 Å². The van der Waals surface area contributed by atoms with E-state index >= 15 is 0 Å². The Morgan fingerprint density at radius 2 is 2.31 bits per heavy atom. The summed E-state index contributed by atoms with van der Waals surface area (Å²) in [5.41, 5.74) is 5.31. The van der Waals surface area contributed by atoms with Crippen LogP contribution in [-0.2, 0) is 23.8 Å². The Bertz CT molecular complexity index is 269. The van der Waals surface area contributed by atoms with Crippen molar-refractivity contribution in [3.8, 4) is 0 Å². The number of hydrogen-bond acceptors (Lipinski definition) is 6. The van der Waals surface area contributed by atoms with Gasteiger partial charge in [0.1, 0.15) is 6.04 Å². The molecule has 0 aliphatic carbocycles. The van der Waals surface area contributed by atoms with E-state index in [0.29, 0.717) is 6.42 Å². The normalized spacial score (nSPS) is 26.4. The third kappa shape index (κ3) is 3.44. The maximum Gasteiger partial charge on any atom is 0.337 e. The first kappa shape index (κ1) is 12.9. The molecule has 16 heavy (non-hydrogen) atoms. The molecule has 3 N–H and O–H groups in total. The average Bonchev–Trinajstić information content (AvgIpc) is 2.73. The predicted octanol–water partition coefficient (Wildman–Crippen LogP) is -0.907. The Morgan fingerprint density at radius 3 is 2.88 bits per heavy atom. The summed E-state index contributed by atoms with van der Waals surface area (Å²) >= 11 is 0. The number of esters is 1. The van der Waals surface area contributed by atoms with Gasteiger partial charge in [0.25, 0.3) is 0 Å². The van der Waals surface area contributed by atoms with Crippen molar-refractivity contribution in [2.75, 3.05) is 13.7 Å². The summed E-state index contributed by atoms with van der Waals surface area (Å²) in [6.45, 7) is 0.125. The second-order valence-electron chi connectivity index (χ2n) is 3.43. The molecule has 0 aromatic carbocycles. The summed E-state index contributed by atoms with van der Waals surface area (Å²) in [4.78, 5) is 21.5. The van der Waals surface area contributed by atoms with Gasteiger partial charge in [-0.05, 0) is 6.42 Å². The first-order chi connectivity index (χ1) is 7.54. The predicted molar refractivity (Wildman–Crippen MR) is 51.5 cm³/mol. The third-order valence-electron chi connectivity index (χ3n) is 2.24. The molecule has 3 unspecified atom stereocenters. The zero-order chi connectivity index (χ0) is 12.1. The van der Waals surface area contributed by atoms with E-state index in [-0.39, 0.29) is 13.0 Å². The summed E-state index contributed by atoms with van der Waals surface area (Å²) in [6.07, 6.45) is -0.750. The van der Waals surface area contributed by atoms with Gasteiger partial charge in [0.15, 0.2) is 12.4 Å². The highest BCUT2D eigenvalue weighted by Gasteiger charge is 2.32. The maximum absolute atomic E-state index is 11.1. The number of methoxy groups -OCH3 is 1. The fourth-order valence-electron chi connectivity index (χ4n) is 1.30. The first-order valence-electron chi connectivity index (χ1n) is 4.88. The van der Waals surface area contributed by atoms with E-state index in [4.69, 9.17) is 20.3 Å². The van der Waals surface area contributed by atoms with E-state index in [1.54, 1.807) is 0 Å². The van der Waals surface area contributed by atoms with Gasteiger partial charge in [-0.1, -0.05) is 0 Å². The van der Waals surface area contributed by atoms with E-state index < -0.39 is 30.4 Å². The van der Waals surface area contributed by atoms with Crippen molar-refractivity contribution in [1.82, 2.24) is 0 Å². The number of aliphatic carboxylic acids is 1. The van der Waals surface area contributed by atoms with Crippen molar-refractivity contribution in [2.24, 2.45) is 5.73 Å². The largest absolute Gasteiger partial charge is 0.480 e. The summed E-state index contributed by atoms with van der Waals surface area (Å²) < 4.78 is 14.8. The summed E-state index contributed by atoms with van der Waals surface area (Å²) in [5, 5.41) is 8.55. The summed E-state index contributed by atoms with van der Waals surface area (Å²) in [7, 11) is 1.26. The van der Waals surface area contributed by atoms with E-state index in [1.807, 2.05) is 0 Å². The zero-order valence-corrected chi connectivity index (χ0v) is 8.92. The highest BCUT2D eigenvalue weighted by molar-refractivity contribution is 5.75. The lowest BCUT2D eigenvalue weighted by atomic mass is 10.2. The number of ether oxygens (including phenoxy) is 3. The number of hydrogen-bond donors (Lipinski definition) is 2. The molecule has 1 saturated heterocycles. The van der Waals surface area contributed by atoms with Crippen molar-refractivity contribution in [3.63, 3.8) is 0 Å². The topological polar surface area (TPSA) is 108 Å². The molecular weight excluding hydrogens is 218 g/mol. The standard InChI is InChI=1S/C9H15NO6/c1-14-9(13)6-4-15-7(16-6)3-2-5(10)8(11)12/h5-7H,2-4,10H2,1H3,(H,11,12). The molecule has 0 aromatic rings.